The van der Waals surface area contributed by atoms with E-state index < -0.39 is 11.8 Å². The molecule has 4 nitrogen and oxygen atoms in total. The van der Waals surface area contributed by atoms with E-state index in [1.807, 2.05) is 0 Å². The van der Waals surface area contributed by atoms with Crippen molar-refractivity contribution in [1.82, 2.24) is 0 Å². The Morgan fingerprint density at radius 2 is 2.17 bits per heavy atom. The molecule has 0 aliphatic carbocycles. The minimum Gasteiger partial charge on any atom is -0.478 e. The largest absolute Gasteiger partial charge is 0.478 e. The minimum absolute atomic E-state index is 0.192. The quantitative estimate of drug-likeness (QED) is 0.886. The Balaban J connectivity index is 1.94. The Hall–Kier alpha value is -2.14. The van der Waals surface area contributed by atoms with Crippen molar-refractivity contribution in [3.63, 3.8) is 0 Å². The van der Waals surface area contributed by atoms with Crippen LogP contribution in [0.5, 0.6) is 0 Å². The average molecular weight is 250 g/mol. The molecule has 2 aromatic rings. The SMILES string of the molecule is O=C(O)c1ccc(COCc2ccco2)cc1F. The highest BCUT2D eigenvalue weighted by Gasteiger charge is 2.10. The lowest BCUT2D eigenvalue weighted by atomic mass is 10.1. The van der Waals surface area contributed by atoms with Crippen LogP contribution in [-0.2, 0) is 18.0 Å². The third-order valence-electron chi connectivity index (χ3n) is 2.36. The van der Waals surface area contributed by atoms with Crippen LogP contribution < -0.4 is 0 Å². The number of carboxylic acids is 1. The number of carboxylic acid groups (broad SMARTS) is 1. The van der Waals surface area contributed by atoms with Crippen molar-refractivity contribution < 1.29 is 23.4 Å². The first kappa shape index (κ1) is 12.3. The molecule has 5 heteroatoms. The van der Waals surface area contributed by atoms with Gasteiger partial charge in [-0.1, -0.05) is 6.07 Å². The van der Waals surface area contributed by atoms with E-state index in [2.05, 4.69) is 0 Å². The normalized spacial score (nSPS) is 10.5. The summed E-state index contributed by atoms with van der Waals surface area (Å²) in [7, 11) is 0. The van der Waals surface area contributed by atoms with Gasteiger partial charge in [-0.2, -0.15) is 0 Å². The van der Waals surface area contributed by atoms with Crippen molar-refractivity contribution in [3.8, 4) is 0 Å². The third kappa shape index (κ3) is 2.95. The Kier molecular flexibility index (Phi) is 3.74. The number of rotatable bonds is 5. The number of hydrogen-bond donors (Lipinski definition) is 1. The zero-order valence-electron chi connectivity index (χ0n) is 9.43. The van der Waals surface area contributed by atoms with E-state index in [0.29, 0.717) is 11.3 Å². The molecule has 0 aliphatic heterocycles. The molecule has 1 N–H and O–H groups in total. The Labute approximate surface area is 103 Å². The van der Waals surface area contributed by atoms with Gasteiger partial charge < -0.3 is 14.3 Å². The van der Waals surface area contributed by atoms with Gasteiger partial charge in [-0.05, 0) is 29.8 Å². The lowest BCUT2D eigenvalue weighted by Gasteiger charge is -2.04. The summed E-state index contributed by atoms with van der Waals surface area (Å²) < 4.78 is 23.7. The molecule has 94 valence electrons. The molecule has 1 aromatic carbocycles. The van der Waals surface area contributed by atoms with Crippen LogP contribution >= 0.6 is 0 Å². The summed E-state index contributed by atoms with van der Waals surface area (Å²) in [6.45, 7) is 0.479. The molecule has 0 bridgehead atoms. The van der Waals surface area contributed by atoms with Crippen LogP contribution in [0.2, 0.25) is 0 Å². The second-order valence-corrected chi connectivity index (χ2v) is 3.69. The third-order valence-corrected chi connectivity index (χ3v) is 2.36. The molecule has 0 saturated heterocycles. The van der Waals surface area contributed by atoms with Crippen molar-refractivity contribution in [3.05, 3.63) is 59.3 Å². The fraction of sp³-hybridized carbons (Fsp3) is 0.154. The first-order chi connectivity index (χ1) is 8.66. The number of ether oxygens (including phenoxy) is 1. The van der Waals surface area contributed by atoms with Gasteiger partial charge in [0.25, 0.3) is 0 Å². The molecule has 0 unspecified atom stereocenters. The molecule has 18 heavy (non-hydrogen) atoms. The summed E-state index contributed by atoms with van der Waals surface area (Å²) in [6.07, 6.45) is 1.54. The predicted molar refractivity (Wildman–Crippen MR) is 60.6 cm³/mol. The molecule has 0 amide bonds. The average Bonchev–Trinajstić information content (AvgIpc) is 2.81. The lowest BCUT2D eigenvalue weighted by Crippen LogP contribution is -2.02. The monoisotopic (exact) mass is 250 g/mol. The summed E-state index contributed by atoms with van der Waals surface area (Å²) in [5, 5.41) is 8.67. The fourth-order valence-electron chi connectivity index (χ4n) is 1.49. The maximum atomic E-state index is 13.3. The molecule has 0 fully saturated rings. The number of furan rings is 1. The predicted octanol–water partition coefficient (Wildman–Crippen LogP) is 2.83. The molecule has 0 saturated carbocycles. The molecule has 0 radical (unpaired) electrons. The molecule has 0 aliphatic rings. The maximum Gasteiger partial charge on any atom is 0.338 e. The van der Waals surface area contributed by atoms with Crippen molar-refractivity contribution in [2.45, 2.75) is 13.2 Å². The van der Waals surface area contributed by atoms with Crippen molar-refractivity contribution in [2.24, 2.45) is 0 Å². The summed E-state index contributed by atoms with van der Waals surface area (Å²) in [5.74, 6) is -1.37. The first-order valence-electron chi connectivity index (χ1n) is 5.28. The van der Waals surface area contributed by atoms with Gasteiger partial charge in [-0.25, -0.2) is 9.18 Å². The standard InChI is InChI=1S/C13H11FO4/c14-12-6-9(3-4-11(12)13(15)16)7-17-8-10-2-1-5-18-10/h1-6H,7-8H2,(H,15,16). The van der Waals surface area contributed by atoms with E-state index in [1.54, 1.807) is 18.4 Å². The van der Waals surface area contributed by atoms with Crippen LogP contribution in [0.25, 0.3) is 0 Å². The zero-order valence-corrected chi connectivity index (χ0v) is 9.43. The van der Waals surface area contributed by atoms with E-state index in [-0.39, 0.29) is 18.8 Å². The van der Waals surface area contributed by atoms with Gasteiger partial charge >= 0.3 is 5.97 Å². The van der Waals surface area contributed by atoms with Gasteiger partial charge in [-0.15, -0.1) is 0 Å². The van der Waals surface area contributed by atoms with Crippen molar-refractivity contribution >= 4 is 5.97 Å². The van der Waals surface area contributed by atoms with Crippen LogP contribution in [-0.4, -0.2) is 11.1 Å². The van der Waals surface area contributed by atoms with Crippen LogP contribution in [0.4, 0.5) is 4.39 Å². The van der Waals surface area contributed by atoms with Crippen molar-refractivity contribution in [2.75, 3.05) is 0 Å². The van der Waals surface area contributed by atoms with Crippen LogP contribution in [0.3, 0.4) is 0 Å². The highest BCUT2D eigenvalue weighted by atomic mass is 19.1. The van der Waals surface area contributed by atoms with Crippen LogP contribution in [0.15, 0.2) is 41.0 Å². The highest BCUT2D eigenvalue weighted by molar-refractivity contribution is 5.87. The van der Waals surface area contributed by atoms with Crippen LogP contribution in [0.1, 0.15) is 21.7 Å². The fourth-order valence-corrected chi connectivity index (χ4v) is 1.49. The van der Waals surface area contributed by atoms with Gasteiger partial charge in [0.2, 0.25) is 0 Å². The molecule has 1 heterocycles. The number of halogens is 1. The number of carbonyl (C=O) groups is 1. The van der Waals surface area contributed by atoms with Gasteiger partial charge in [0.15, 0.2) is 0 Å². The molecule has 2 rings (SSSR count). The molecule has 0 atom stereocenters. The Morgan fingerprint density at radius 1 is 1.33 bits per heavy atom. The topological polar surface area (TPSA) is 59.7 Å². The molecule has 0 spiro atoms. The first-order valence-corrected chi connectivity index (χ1v) is 5.28. The summed E-state index contributed by atoms with van der Waals surface area (Å²) in [5.41, 5.74) is 0.230. The molecular weight excluding hydrogens is 239 g/mol. The van der Waals surface area contributed by atoms with Gasteiger partial charge in [0.05, 0.1) is 18.4 Å². The van der Waals surface area contributed by atoms with E-state index in [4.69, 9.17) is 14.3 Å². The highest BCUT2D eigenvalue weighted by Crippen LogP contribution is 2.12. The van der Waals surface area contributed by atoms with Gasteiger partial charge in [0.1, 0.15) is 18.2 Å². The van der Waals surface area contributed by atoms with Crippen molar-refractivity contribution in [1.29, 1.82) is 0 Å². The van der Waals surface area contributed by atoms with E-state index >= 15 is 0 Å². The van der Waals surface area contributed by atoms with Crippen LogP contribution in [0, 0.1) is 5.82 Å². The van der Waals surface area contributed by atoms with Gasteiger partial charge in [-0.3, -0.25) is 0 Å². The summed E-state index contributed by atoms with van der Waals surface area (Å²) >= 11 is 0. The zero-order chi connectivity index (χ0) is 13.0. The smallest absolute Gasteiger partial charge is 0.338 e. The number of benzene rings is 1. The summed E-state index contributed by atoms with van der Waals surface area (Å²) in [4.78, 5) is 10.6. The Bertz CT molecular complexity index is 534. The Morgan fingerprint density at radius 3 is 2.78 bits per heavy atom. The number of hydrogen-bond acceptors (Lipinski definition) is 3. The van der Waals surface area contributed by atoms with E-state index in [9.17, 15) is 9.18 Å². The number of aromatic carboxylic acids is 1. The van der Waals surface area contributed by atoms with Gasteiger partial charge in [0, 0.05) is 0 Å². The molecular formula is C13H11FO4. The molecule has 1 aromatic heterocycles. The minimum atomic E-state index is -1.28. The second-order valence-electron chi connectivity index (χ2n) is 3.69. The lowest BCUT2D eigenvalue weighted by molar-refractivity contribution is 0.0691. The van der Waals surface area contributed by atoms with E-state index in [1.165, 1.54) is 12.1 Å². The summed E-state index contributed by atoms with van der Waals surface area (Å²) in [6, 6.07) is 7.43. The maximum absolute atomic E-state index is 13.3. The van der Waals surface area contributed by atoms with E-state index in [0.717, 1.165) is 6.07 Å². The second kappa shape index (κ2) is 5.46.